The second-order valence-corrected chi connectivity index (χ2v) is 5.65. The molecule has 0 atom stereocenters. The minimum Gasteiger partial charge on any atom is -0.486 e. The maximum atomic E-state index is 14.2. The Hall–Kier alpha value is -2.56. The van der Waals surface area contributed by atoms with E-state index < -0.39 is 12.0 Å². The van der Waals surface area contributed by atoms with Gasteiger partial charge < -0.3 is 14.2 Å². The predicted molar refractivity (Wildman–Crippen MR) is 93.7 cm³/mol. The van der Waals surface area contributed by atoms with Gasteiger partial charge in [0.1, 0.15) is 12.4 Å². The smallest absolute Gasteiger partial charge is 0.486 e. The largest absolute Gasteiger partial charge is 0.513 e. The number of rotatable bonds is 6. The van der Waals surface area contributed by atoms with Crippen molar-refractivity contribution in [3.63, 3.8) is 0 Å². The van der Waals surface area contributed by atoms with Crippen LogP contribution in [0.3, 0.4) is 0 Å². The Morgan fingerprint density at radius 3 is 2.44 bits per heavy atom. The van der Waals surface area contributed by atoms with Crippen LogP contribution in [0.5, 0.6) is 11.5 Å². The van der Waals surface area contributed by atoms with Gasteiger partial charge in [-0.2, -0.15) is 0 Å². The van der Waals surface area contributed by atoms with Crippen molar-refractivity contribution in [2.24, 2.45) is 0 Å². The minimum atomic E-state index is -0.802. The summed E-state index contributed by atoms with van der Waals surface area (Å²) in [6.45, 7) is 5.99. The van der Waals surface area contributed by atoms with Crippen LogP contribution >= 0.6 is 0 Å². The second-order valence-electron chi connectivity index (χ2n) is 5.65. The molecule has 134 valence electrons. The Morgan fingerprint density at radius 1 is 1.08 bits per heavy atom. The third kappa shape index (κ3) is 4.50. The summed E-state index contributed by atoms with van der Waals surface area (Å²) < 4.78 is 29.7. The third-order valence-corrected chi connectivity index (χ3v) is 4.11. The molecule has 0 unspecified atom stereocenters. The van der Waals surface area contributed by atoms with Crippen molar-refractivity contribution in [2.45, 2.75) is 40.2 Å². The van der Waals surface area contributed by atoms with Crippen molar-refractivity contribution in [1.82, 2.24) is 0 Å². The first-order chi connectivity index (χ1) is 12.0. The zero-order valence-corrected chi connectivity index (χ0v) is 15.0. The fourth-order valence-corrected chi connectivity index (χ4v) is 2.67. The SMILES string of the molecule is CCc1cc(F)c(OCc2c(CC)cccc2OC(=O)OC)cc1C. The highest BCUT2D eigenvalue weighted by Crippen LogP contribution is 2.28. The highest BCUT2D eigenvalue weighted by molar-refractivity contribution is 5.64. The highest BCUT2D eigenvalue weighted by atomic mass is 19.1. The lowest BCUT2D eigenvalue weighted by atomic mass is 10.0. The molecular formula is C20H23FO4. The summed E-state index contributed by atoms with van der Waals surface area (Å²) in [7, 11) is 1.25. The molecule has 0 radical (unpaired) electrons. The average Bonchev–Trinajstić information content (AvgIpc) is 2.62. The van der Waals surface area contributed by atoms with Gasteiger partial charge in [0.2, 0.25) is 0 Å². The van der Waals surface area contributed by atoms with Crippen LogP contribution in [0.1, 0.15) is 36.1 Å². The van der Waals surface area contributed by atoms with Crippen LogP contribution in [0.25, 0.3) is 0 Å². The molecule has 25 heavy (non-hydrogen) atoms. The Balaban J connectivity index is 2.28. The normalized spacial score (nSPS) is 10.4. The first-order valence-corrected chi connectivity index (χ1v) is 8.28. The lowest BCUT2D eigenvalue weighted by Crippen LogP contribution is -2.11. The molecule has 0 saturated carbocycles. The van der Waals surface area contributed by atoms with E-state index in [1.165, 1.54) is 13.2 Å². The molecule has 0 heterocycles. The summed E-state index contributed by atoms with van der Waals surface area (Å²) in [6, 6.07) is 8.58. The number of hydrogen-bond acceptors (Lipinski definition) is 4. The summed E-state index contributed by atoms with van der Waals surface area (Å²) in [5.41, 5.74) is 3.60. The molecule has 0 saturated heterocycles. The van der Waals surface area contributed by atoms with Gasteiger partial charge >= 0.3 is 6.16 Å². The van der Waals surface area contributed by atoms with Crippen molar-refractivity contribution in [3.8, 4) is 11.5 Å². The number of benzene rings is 2. The van der Waals surface area contributed by atoms with E-state index in [2.05, 4.69) is 4.74 Å². The van der Waals surface area contributed by atoms with E-state index in [0.29, 0.717) is 11.3 Å². The monoisotopic (exact) mass is 346 g/mol. The maximum absolute atomic E-state index is 14.2. The molecule has 4 nitrogen and oxygen atoms in total. The highest BCUT2D eigenvalue weighted by Gasteiger charge is 2.15. The summed E-state index contributed by atoms with van der Waals surface area (Å²) >= 11 is 0. The van der Waals surface area contributed by atoms with E-state index >= 15 is 0 Å². The number of hydrogen-bond donors (Lipinski definition) is 0. The van der Waals surface area contributed by atoms with Crippen LogP contribution in [0.4, 0.5) is 9.18 Å². The lowest BCUT2D eigenvalue weighted by molar-refractivity contribution is 0.120. The predicted octanol–water partition coefficient (Wildman–Crippen LogP) is 4.98. The first-order valence-electron chi connectivity index (χ1n) is 8.28. The molecule has 5 heteroatoms. The maximum Gasteiger partial charge on any atom is 0.513 e. The standard InChI is InChI=1S/C20H23FO4/c1-5-14-8-7-9-18(25-20(22)23-4)16(14)12-24-19-10-13(3)15(6-2)11-17(19)21/h7-11H,5-6,12H2,1-4H3. The number of aryl methyl sites for hydroxylation is 3. The van der Waals surface area contributed by atoms with Gasteiger partial charge in [0.05, 0.1) is 7.11 Å². The summed E-state index contributed by atoms with van der Waals surface area (Å²) in [6.07, 6.45) is 0.690. The molecule has 0 aliphatic carbocycles. The van der Waals surface area contributed by atoms with E-state index in [9.17, 15) is 9.18 Å². The van der Waals surface area contributed by atoms with E-state index in [4.69, 9.17) is 9.47 Å². The number of methoxy groups -OCH3 is 1. The molecule has 0 bridgehead atoms. The number of carbonyl (C=O) groups excluding carboxylic acids is 1. The molecule has 2 rings (SSSR count). The van der Waals surface area contributed by atoms with Gasteiger partial charge in [-0.15, -0.1) is 0 Å². The van der Waals surface area contributed by atoms with Crippen molar-refractivity contribution in [2.75, 3.05) is 7.11 Å². The fourth-order valence-electron chi connectivity index (χ4n) is 2.67. The van der Waals surface area contributed by atoms with Crippen LogP contribution < -0.4 is 9.47 Å². The average molecular weight is 346 g/mol. The third-order valence-electron chi connectivity index (χ3n) is 4.11. The van der Waals surface area contributed by atoms with Gasteiger partial charge in [0.15, 0.2) is 11.6 Å². The zero-order chi connectivity index (χ0) is 18.4. The van der Waals surface area contributed by atoms with Crippen LogP contribution in [-0.2, 0) is 24.2 Å². The van der Waals surface area contributed by atoms with Crippen molar-refractivity contribution in [3.05, 3.63) is 58.4 Å². The first kappa shape index (κ1) is 18.8. The molecular weight excluding hydrogens is 323 g/mol. The number of carbonyl (C=O) groups is 1. The van der Waals surface area contributed by atoms with Gasteiger partial charge in [-0.05, 0) is 54.7 Å². The molecule has 0 fully saturated rings. The molecule has 0 aliphatic heterocycles. The van der Waals surface area contributed by atoms with Crippen LogP contribution in [-0.4, -0.2) is 13.3 Å². The molecule has 0 spiro atoms. The summed E-state index contributed by atoms with van der Waals surface area (Å²) in [5, 5.41) is 0. The van der Waals surface area contributed by atoms with Gasteiger partial charge in [-0.3, -0.25) is 0 Å². The second kappa shape index (κ2) is 8.51. The van der Waals surface area contributed by atoms with E-state index in [0.717, 1.165) is 29.5 Å². The van der Waals surface area contributed by atoms with Gasteiger partial charge in [-0.1, -0.05) is 26.0 Å². The molecule has 0 aromatic heterocycles. The molecule has 2 aromatic rings. The lowest BCUT2D eigenvalue weighted by Gasteiger charge is -2.15. The van der Waals surface area contributed by atoms with Crippen LogP contribution in [0, 0.1) is 12.7 Å². The minimum absolute atomic E-state index is 0.0954. The van der Waals surface area contributed by atoms with Crippen LogP contribution in [0.2, 0.25) is 0 Å². The molecule has 2 aromatic carbocycles. The fraction of sp³-hybridized carbons (Fsp3) is 0.350. The van der Waals surface area contributed by atoms with Crippen LogP contribution in [0.15, 0.2) is 30.3 Å². The Labute approximate surface area is 147 Å². The molecule has 0 aliphatic rings. The van der Waals surface area contributed by atoms with Gasteiger partial charge in [0.25, 0.3) is 0 Å². The van der Waals surface area contributed by atoms with Crippen molar-refractivity contribution in [1.29, 1.82) is 0 Å². The Bertz CT molecular complexity index is 756. The van der Waals surface area contributed by atoms with E-state index in [-0.39, 0.29) is 12.4 Å². The summed E-state index contributed by atoms with van der Waals surface area (Å²) in [4.78, 5) is 11.4. The summed E-state index contributed by atoms with van der Waals surface area (Å²) in [5.74, 6) is 0.144. The molecule has 0 amide bonds. The quantitative estimate of drug-likeness (QED) is 0.546. The van der Waals surface area contributed by atoms with Crippen molar-refractivity contribution >= 4 is 6.16 Å². The number of halogens is 1. The van der Waals surface area contributed by atoms with E-state index in [1.807, 2.05) is 26.8 Å². The Morgan fingerprint density at radius 2 is 1.80 bits per heavy atom. The van der Waals surface area contributed by atoms with Gasteiger partial charge in [0, 0.05) is 5.56 Å². The van der Waals surface area contributed by atoms with E-state index in [1.54, 1.807) is 18.2 Å². The number of ether oxygens (including phenoxy) is 3. The van der Waals surface area contributed by atoms with Crippen molar-refractivity contribution < 1.29 is 23.4 Å². The Kier molecular flexibility index (Phi) is 6.39. The topological polar surface area (TPSA) is 44.8 Å². The molecule has 0 N–H and O–H groups in total. The van der Waals surface area contributed by atoms with Gasteiger partial charge in [-0.25, -0.2) is 9.18 Å². The zero-order valence-electron chi connectivity index (χ0n) is 15.0.